The number of carbonyl (C=O) groups excluding carboxylic acids is 1. The molecule has 0 amide bonds. The van der Waals surface area contributed by atoms with Gasteiger partial charge in [0.2, 0.25) is 10.0 Å². The lowest BCUT2D eigenvalue weighted by molar-refractivity contribution is -0.384. The van der Waals surface area contributed by atoms with Gasteiger partial charge in [0.15, 0.2) is 11.5 Å². The number of nitrogens with zero attached hydrogens (tertiary/aromatic N) is 4. The van der Waals surface area contributed by atoms with Gasteiger partial charge in [-0.2, -0.15) is 9.41 Å². The molecule has 0 atom stereocenters. The van der Waals surface area contributed by atoms with Crippen molar-refractivity contribution in [3.63, 3.8) is 0 Å². The monoisotopic (exact) mass is 527 g/mol. The van der Waals surface area contributed by atoms with Gasteiger partial charge < -0.3 is 9.47 Å². The van der Waals surface area contributed by atoms with Gasteiger partial charge in [0.05, 0.1) is 28.7 Å². The maximum Gasteiger partial charge on any atom is 0.345 e. The topological polar surface area (TPSA) is 153 Å². The Morgan fingerprint density at radius 3 is 2.54 bits per heavy atom. The molecule has 0 saturated heterocycles. The van der Waals surface area contributed by atoms with Crippen molar-refractivity contribution in [3.05, 3.63) is 82.2 Å². The minimum Gasteiger partial charge on any atom is -0.493 e. The van der Waals surface area contributed by atoms with Gasteiger partial charge >= 0.3 is 5.97 Å². The lowest BCUT2D eigenvalue weighted by Crippen LogP contribution is -2.30. The molecule has 0 spiro atoms. The molecule has 3 rings (SSSR count). The number of nitrogens with one attached hydrogen (secondary N) is 1. The summed E-state index contributed by atoms with van der Waals surface area (Å²) in [6, 6.07) is 11.4. The molecule has 3 aromatic rings. The van der Waals surface area contributed by atoms with E-state index in [2.05, 4.69) is 15.5 Å². The van der Waals surface area contributed by atoms with Crippen LogP contribution in [0.3, 0.4) is 0 Å². The van der Waals surface area contributed by atoms with Crippen LogP contribution in [0.5, 0.6) is 11.5 Å². The van der Waals surface area contributed by atoms with E-state index in [-0.39, 0.29) is 40.7 Å². The summed E-state index contributed by atoms with van der Waals surface area (Å²) in [5.74, 6) is -0.159. The molecule has 1 N–H and O–H groups in total. The second kappa shape index (κ2) is 12.1. The molecule has 37 heavy (non-hydrogen) atoms. The molecule has 0 fully saturated rings. The van der Waals surface area contributed by atoms with Crippen LogP contribution in [0, 0.1) is 10.1 Å². The number of hydrazone groups is 1. The number of aromatic nitrogens is 1. The first-order chi connectivity index (χ1) is 17.7. The van der Waals surface area contributed by atoms with Crippen LogP contribution in [0.25, 0.3) is 0 Å². The Morgan fingerprint density at radius 2 is 1.92 bits per heavy atom. The number of hydrogen-bond donors (Lipinski definition) is 1. The van der Waals surface area contributed by atoms with Crippen LogP contribution in [0.4, 0.5) is 11.4 Å². The Balaban J connectivity index is 1.78. The van der Waals surface area contributed by atoms with E-state index >= 15 is 0 Å². The molecule has 194 valence electrons. The number of rotatable bonds is 11. The van der Waals surface area contributed by atoms with E-state index < -0.39 is 26.6 Å². The highest BCUT2D eigenvalue weighted by Gasteiger charge is 2.25. The van der Waals surface area contributed by atoms with E-state index in [1.54, 1.807) is 38.1 Å². The number of benzene rings is 2. The normalized spacial score (nSPS) is 11.5. The van der Waals surface area contributed by atoms with Gasteiger partial charge in [0.1, 0.15) is 5.69 Å². The van der Waals surface area contributed by atoms with Crippen LogP contribution in [-0.2, 0) is 10.0 Å². The Kier molecular flexibility index (Phi) is 8.87. The van der Waals surface area contributed by atoms with E-state index in [9.17, 15) is 23.3 Å². The van der Waals surface area contributed by atoms with Crippen molar-refractivity contribution in [1.82, 2.24) is 9.29 Å². The SMILES string of the molecule is CCN(CC)S(=O)(=O)c1ccc(N/N=C/c2ccc(OC(=O)c3cccnc3)c(OC)c2)c([N+](=O)[O-])c1. The van der Waals surface area contributed by atoms with Gasteiger partial charge in [-0.3, -0.25) is 20.5 Å². The number of pyridine rings is 1. The standard InChI is InChI=1S/C24H25N5O7S/c1-4-28(5-2)37(33,34)19-9-10-20(21(14-19)29(31)32)27-26-15-17-8-11-22(23(13-17)35-3)36-24(30)18-7-6-12-25-16-18/h6-16,27H,4-5H2,1-3H3/b26-15+. The van der Waals surface area contributed by atoms with E-state index in [1.165, 1.54) is 48.2 Å². The molecule has 1 heterocycles. The third-order valence-electron chi connectivity index (χ3n) is 5.20. The highest BCUT2D eigenvalue weighted by molar-refractivity contribution is 7.89. The van der Waals surface area contributed by atoms with Crippen molar-refractivity contribution in [3.8, 4) is 11.5 Å². The number of esters is 1. The molecule has 0 aliphatic carbocycles. The highest BCUT2D eigenvalue weighted by atomic mass is 32.2. The lowest BCUT2D eigenvalue weighted by Gasteiger charge is -2.18. The number of anilines is 1. The van der Waals surface area contributed by atoms with Crippen LogP contribution in [0.15, 0.2) is 70.9 Å². The van der Waals surface area contributed by atoms with Gasteiger partial charge in [0, 0.05) is 31.5 Å². The van der Waals surface area contributed by atoms with Gasteiger partial charge in [-0.05, 0) is 48.0 Å². The smallest absolute Gasteiger partial charge is 0.345 e. The number of carbonyl (C=O) groups is 1. The van der Waals surface area contributed by atoms with Crippen molar-refractivity contribution in [2.75, 3.05) is 25.6 Å². The fourth-order valence-electron chi connectivity index (χ4n) is 3.30. The van der Waals surface area contributed by atoms with E-state index in [0.717, 1.165) is 6.07 Å². The summed E-state index contributed by atoms with van der Waals surface area (Å²) in [7, 11) is -2.46. The van der Waals surface area contributed by atoms with Gasteiger partial charge in [-0.15, -0.1) is 0 Å². The zero-order valence-corrected chi connectivity index (χ0v) is 21.1. The second-order valence-corrected chi connectivity index (χ2v) is 9.37. The molecule has 13 heteroatoms. The Bertz CT molecular complexity index is 1410. The predicted molar refractivity (Wildman–Crippen MR) is 137 cm³/mol. The molecule has 0 aliphatic rings. The summed E-state index contributed by atoms with van der Waals surface area (Å²) < 4.78 is 37.3. The molecule has 1 aromatic heterocycles. The Labute approximate surface area is 213 Å². The average Bonchev–Trinajstić information content (AvgIpc) is 2.90. The van der Waals surface area contributed by atoms with Crippen molar-refractivity contribution in [2.24, 2.45) is 5.10 Å². The first-order valence-electron chi connectivity index (χ1n) is 11.1. The van der Waals surface area contributed by atoms with Crippen LogP contribution >= 0.6 is 0 Å². The third kappa shape index (κ3) is 6.45. The molecule has 0 aliphatic heterocycles. The van der Waals surface area contributed by atoms with Crippen LogP contribution < -0.4 is 14.9 Å². The average molecular weight is 528 g/mol. The summed E-state index contributed by atoms with van der Waals surface area (Å²) in [6.45, 7) is 3.85. The quantitative estimate of drug-likeness (QED) is 0.129. The number of hydrogen-bond acceptors (Lipinski definition) is 10. The summed E-state index contributed by atoms with van der Waals surface area (Å²) in [5, 5.41) is 15.6. The molecule has 0 saturated carbocycles. The highest BCUT2D eigenvalue weighted by Crippen LogP contribution is 2.30. The second-order valence-electron chi connectivity index (χ2n) is 7.44. The zero-order chi connectivity index (χ0) is 27.0. The number of ether oxygens (including phenoxy) is 2. The molecule has 0 radical (unpaired) electrons. The molecule has 0 unspecified atom stereocenters. The van der Waals surface area contributed by atoms with Crippen molar-refractivity contribution < 1.29 is 27.6 Å². The van der Waals surface area contributed by atoms with Crippen LogP contribution in [-0.4, -0.2) is 55.0 Å². The fraction of sp³-hybridized carbons (Fsp3) is 0.208. The lowest BCUT2D eigenvalue weighted by atomic mass is 10.2. The van der Waals surface area contributed by atoms with Gasteiger partial charge in [-0.25, -0.2) is 13.2 Å². The fourth-order valence-corrected chi connectivity index (χ4v) is 4.78. The van der Waals surface area contributed by atoms with Crippen LogP contribution in [0.1, 0.15) is 29.8 Å². The third-order valence-corrected chi connectivity index (χ3v) is 7.24. The molecule has 12 nitrogen and oxygen atoms in total. The molecule has 0 bridgehead atoms. The van der Waals surface area contributed by atoms with Gasteiger partial charge in [-0.1, -0.05) is 13.8 Å². The van der Waals surface area contributed by atoms with Crippen molar-refractivity contribution in [2.45, 2.75) is 18.7 Å². The molecular formula is C24H25N5O7S. The Hall–Kier alpha value is -4.36. The number of sulfonamides is 1. The largest absolute Gasteiger partial charge is 0.493 e. The number of nitro benzene ring substituents is 1. The zero-order valence-electron chi connectivity index (χ0n) is 20.3. The Morgan fingerprint density at radius 1 is 1.16 bits per heavy atom. The maximum atomic E-state index is 12.7. The van der Waals surface area contributed by atoms with E-state index in [4.69, 9.17) is 9.47 Å². The van der Waals surface area contributed by atoms with Crippen LogP contribution in [0.2, 0.25) is 0 Å². The minimum absolute atomic E-state index is 0.00809. The number of methoxy groups -OCH3 is 1. The minimum atomic E-state index is -3.87. The van der Waals surface area contributed by atoms with Crippen molar-refractivity contribution in [1.29, 1.82) is 0 Å². The molecular weight excluding hydrogens is 502 g/mol. The molecule has 2 aromatic carbocycles. The first-order valence-corrected chi connectivity index (χ1v) is 12.5. The predicted octanol–water partition coefficient (Wildman–Crippen LogP) is 3.69. The van der Waals surface area contributed by atoms with Gasteiger partial charge in [0.25, 0.3) is 5.69 Å². The van der Waals surface area contributed by atoms with E-state index in [1.807, 2.05) is 0 Å². The van der Waals surface area contributed by atoms with Crippen molar-refractivity contribution >= 4 is 33.6 Å². The summed E-state index contributed by atoms with van der Waals surface area (Å²) in [6.07, 6.45) is 4.29. The number of nitro groups is 1. The summed E-state index contributed by atoms with van der Waals surface area (Å²) >= 11 is 0. The summed E-state index contributed by atoms with van der Waals surface area (Å²) in [5.41, 5.74) is 2.95. The maximum absolute atomic E-state index is 12.7. The first kappa shape index (κ1) is 27.2. The summed E-state index contributed by atoms with van der Waals surface area (Å²) in [4.78, 5) is 26.9. The van der Waals surface area contributed by atoms with E-state index in [0.29, 0.717) is 5.56 Å².